The molecule has 0 aromatic rings. The second kappa shape index (κ2) is 6.11. The zero-order valence-electron chi connectivity index (χ0n) is 11.8. The first-order chi connectivity index (χ1) is 8.68. The van der Waals surface area contributed by atoms with E-state index in [9.17, 15) is 18.0 Å². The number of carbonyl (C=O) groups is 1. The molecule has 0 spiro atoms. The van der Waals surface area contributed by atoms with Gasteiger partial charge in [0.15, 0.2) is 0 Å². The fourth-order valence-corrected chi connectivity index (χ4v) is 2.27. The predicted molar refractivity (Wildman–Crippen MR) is 67.2 cm³/mol. The molecule has 1 saturated heterocycles. The van der Waals surface area contributed by atoms with E-state index >= 15 is 0 Å². The third kappa shape index (κ3) is 4.37. The van der Waals surface area contributed by atoms with Gasteiger partial charge in [-0.2, -0.15) is 13.2 Å². The van der Waals surface area contributed by atoms with E-state index in [0.717, 1.165) is 24.3 Å². The number of carbonyl (C=O) groups excluding carboxylic acids is 1. The average Bonchev–Trinajstić information content (AvgIpc) is 2.51. The van der Waals surface area contributed by atoms with E-state index in [-0.39, 0.29) is 18.9 Å². The van der Waals surface area contributed by atoms with Gasteiger partial charge in [0.05, 0.1) is 5.41 Å². The molecule has 0 aromatic carbocycles. The smallest absolute Gasteiger partial charge is 0.288 e. The standard InChI is InChI=1S/C13H23F3N2O/c1-4-5-6-7-8-10(13(14,15)16)18-9-12(2,3)11(19)17-18/h10H,4-9H2,1-3H3,(H,17,19)/t10-/m0/s1. The summed E-state index contributed by atoms with van der Waals surface area (Å²) in [5, 5.41) is 1.06. The van der Waals surface area contributed by atoms with E-state index in [0.29, 0.717) is 6.42 Å². The molecule has 112 valence electrons. The van der Waals surface area contributed by atoms with Gasteiger partial charge in [0.1, 0.15) is 6.04 Å². The van der Waals surface area contributed by atoms with Crippen LogP contribution in [0.5, 0.6) is 0 Å². The molecule has 6 heteroatoms. The van der Waals surface area contributed by atoms with Crippen molar-refractivity contribution in [2.24, 2.45) is 5.41 Å². The van der Waals surface area contributed by atoms with Gasteiger partial charge >= 0.3 is 6.18 Å². The number of nitrogens with zero attached hydrogens (tertiary/aromatic N) is 1. The summed E-state index contributed by atoms with van der Waals surface area (Å²) in [5.41, 5.74) is 1.61. The molecule has 1 N–H and O–H groups in total. The molecule has 1 amide bonds. The Bertz CT molecular complexity index is 316. The summed E-state index contributed by atoms with van der Waals surface area (Å²) >= 11 is 0. The monoisotopic (exact) mass is 280 g/mol. The number of halogens is 3. The summed E-state index contributed by atoms with van der Waals surface area (Å²) in [7, 11) is 0. The van der Waals surface area contributed by atoms with Gasteiger partial charge in [0.2, 0.25) is 5.91 Å². The number of hydrazine groups is 1. The van der Waals surface area contributed by atoms with Gasteiger partial charge in [-0.15, -0.1) is 0 Å². The molecule has 3 nitrogen and oxygen atoms in total. The van der Waals surface area contributed by atoms with Crippen LogP contribution in [-0.2, 0) is 4.79 Å². The minimum Gasteiger partial charge on any atom is -0.288 e. The van der Waals surface area contributed by atoms with Gasteiger partial charge in [-0.25, -0.2) is 5.01 Å². The summed E-state index contributed by atoms with van der Waals surface area (Å²) in [6.45, 7) is 5.44. The number of alkyl halides is 3. The van der Waals surface area contributed by atoms with Crippen LogP contribution in [0.2, 0.25) is 0 Å². The lowest BCUT2D eigenvalue weighted by molar-refractivity contribution is -0.190. The normalized spacial score (nSPS) is 21.5. The van der Waals surface area contributed by atoms with Crippen LogP contribution < -0.4 is 5.43 Å². The highest BCUT2D eigenvalue weighted by molar-refractivity contribution is 5.83. The maximum Gasteiger partial charge on any atom is 0.405 e. The van der Waals surface area contributed by atoms with Crippen LogP contribution >= 0.6 is 0 Å². The zero-order chi connectivity index (χ0) is 14.7. The second-order valence-corrected chi connectivity index (χ2v) is 5.86. The summed E-state index contributed by atoms with van der Waals surface area (Å²) in [4.78, 5) is 11.6. The highest BCUT2D eigenvalue weighted by Gasteiger charge is 2.49. The molecule has 0 aliphatic carbocycles. The van der Waals surface area contributed by atoms with Crippen molar-refractivity contribution in [3.8, 4) is 0 Å². The minimum absolute atomic E-state index is 0.0415. The van der Waals surface area contributed by atoms with Gasteiger partial charge in [-0.1, -0.05) is 32.6 Å². The first-order valence-corrected chi connectivity index (χ1v) is 6.83. The Hall–Kier alpha value is -0.780. The number of hydrogen-bond acceptors (Lipinski definition) is 2. The van der Waals surface area contributed by atoms with Crippen molar-refractivity contribution in [2.45, 2.75) is 65.1 Å². The molecule has 1 fully saturated rings. The Labute approximate surface area is 112 Å². The molecular formula is C13H23F3N2O. The third-order valence-electron chi connectivity index (χ3n) is 3.51. The van der Waals surface area contributed by atoms with Gasteiger partial charge < -0.3 is 0 Å². The highest BCUT2D eigenvalue weighted by Crippen LogP contribution is 2.33. The van der Waals surface area contributed by atoms with Crippen LogP contribution in [0.25, 0.3) is 0 Å². The SMILES string of the molecule is CCCCCC[C@H](N1CC(C)(C)C(=O)N1)C(F)(F)F. The third-order valence-corrected chi connectivity index (χ3v) is 3.51. The quantitative estimate of drug-likeness (QED) is 0.757. The van der Waals surface area contributed by atoms with Crippen molar-refractivity contribution in [3.05, 3.63) is 0 Å². The molecule has 1 atom stereocenters. The van der Waals surface area contributed by atoms with Crippen LogP contribution in [0.1, 0.15) is 52.9 Å². The summed E-state index contributed by atoms with van der Waals surface area (Å²) in [6, 6.07) is -1.57. The Morgan fingerprint density at radius 2 is 1.95 bits per heavy atom. The van der Waals surface area contributed by atoms with Crippen molar-refractivity contribution < 1.29 is 18.0 Å². The number of amides is 1. The van der Waals surface area contributed by atoms with E-state index in [2.05, 4.69) is 5.43 Å². The van der Waals surface area contributed by atoms with Gasteiger partial charge in [-0.3, -0.25) is 10.2 Å². The Balaban J connectivity index is 2.63. The van der Waals surface area contributed by atoms with Crippen molar-refractivity contribution in [2.75, 3.05) is 6.54 Å². The van der Waals surface area contributed by atoms with E-state index < -0.39 is 17.6 Å². The average molecular weight is 280 g/mol. The first-order valence-electron chi connectivity index (χ1n) is 6.83. The molecule has 1 rings (SSSR count). The molecule has 1 aliphatic rings. The van der Waals surface area contributed by atoms with Crippen LogP contribution in [0.4, 0.5) is 13.2 Å². The molecule has 0 saturated carbocycles. The number of unbranched alkanes of at least 4 members (excludes halogenated alkanes) is 3. The topological polar surface area (TPSA) is 32.3 Å². The predicted octanol–water partition coefficient (Wildman–Crippen LogP) is 3.26. The van der Waals surface area contributed by atoms with E-state index in [1.807, 2.05) is 6.92 Å². The molecule has 1 heterocycles. The molecule has 0 aromatic heterocycles. The lowest BCUT2D eigenvalue weighted by atomic mass is 9.94. The lowest BCUT2D eigenvalue weighted by Crippen LogP contribution is -2.49. The van der Waals surface area contributed by atoms with Crippen molar-refractivity contribution in [1.29, 1.82) is 0 Å². The fourth-order valence-electron chi connectivity index (χ4n) is 2.27. The molecule has 1 aliphatic heterocycles. The van der Waals surface area contributed by atoms with E-state index in [1.54, 1.807) is 13.8 Å². The molecule has 0 bridgehead atoms. The zero-order valence-corrected chi connectivity index (χ0v) is 11.8. The lowest BCUT2D eigenvalue weighted by Gasteiger charge is -2.29. The van der Waals surface area contributed by atoms with Crippen LogP contribution in [0.3, 0.4) is 0 Å². The Kier molecular flexibility index (Phi) is 5.24. The van der Waals surface area contributed by atoms with E-state index in [4.69, 9.17) is 0 Å². The van der Waals surface area contributed by atoms with Crippen LogP contribution in [0.15, 0.2) is 0 Å². The maximum absolute atomic E-state index is 13.1. The Morgan fingerprint density at radius 3 is 2.37 bits per heavy atom. The fraction of sp³-hybridized carbons (Fsp3) is 0.923. The van der Waals surface area contributed by atoms with Crippen molar-refractivity contribution >= 4 is 5.91 Å². The molecular weight excluding hydrogens is 257 g/mol. The van der Waals surface area contributed by atoms with Gasteiger partial charge in [-0.05, 0) is 20.3 Å². The van der Waals surface area contributed by atoms with Gasteiger partial charge in [0, 0.05) is 6.54 Å². The van der Waals surface area contributed by atoms with Crippen LogP contribution in [0, 0.1) is 5.41 Å². The molecule has 0 radical (unpaired) electrons. The number of hydrogen-bond donors (Lipinski definition) is 1. The van der Waals surface area contributed by atoms with Gasteiger partial charge in [0.25, 0.3) is 0 Å². The van der Waals surface area contributed by atoms with Crippen molar-refractivity contribution in [3.63, 3.8) is 0 Å². The summed E-state index contributed by atoms with van der Waals surface area (Å²) in [6.07, 6.45) is -0.995. The van der Waals surface area contributed by atoms with E-state index in [1.165, 1.54) is 0 Å². The summed E-state index contributed by atoms with van der Waals surface area (Å²) in [5.74, 6) is -0.338. The number of nitrogens with one attached hydrogen (secondary N) is 1. The molecule has 0 unspecified atom stereocenters. The van der Waals surface area contributed by atoms with Crippen LogP contribution in [-0.4, -0.2) is 29.7 Å². The highest BCUT2D eigenvalue weighted by atomic mass is 19.4. The Morgan fingerprint density at radius 1 is 1.32 bits per heavy atom. The number of rotatable bonds is 6. The first kappa shape index (κ1) is 16.3. The molecule has 19 heavy (non-hydrogen) atoms. The summed E-state index contributed by atoms with van der Waals surface area (Å²) < 4.78 is 39.2. The second-order valence-electron chi connectivity index (χ2n) is 5.86. The van der Waals surface area contributed by atoms with Crippen molar-refractivity contribution in [1.82, 2.24) is 10.4 Å². The minimum atomic E-state index is -4.31. The largest absolute Gasteiger partial charge is 0.405 e. The maximum atomic E-state index is 13.1.